The molecule has 3 rings (SSSR count). The summed E-state index contributed by atoms with van der Waals surface area (Å²) in [5.74, 6) is 1.72. The van der Waals surface area contributed by atoms with Crippen molar-refractivity contribution in [3.05, 3.63) is 65.0 Å². The Bertz CT molecular complexity index is 923. The van der Waals surface area contributed by atoms with Gasteiger partial charge in [-0.2, -0.15) is 4.98 Å². The summed E-state index contributed by atoms with van der Waals surface area (Å²) in [6.07, 6.45) is 0.679. The van der Waals surface area contributed by atoms with Gasteiger partial charge in [-0.25, -0.2) is 0 Å². The van der Waals surface area contributed by atoms with Gasteiger partial charge in [-0.3, -0.25) is 4.79 Å². The topological polar surface area (TPSA) is 68.5 Å². The Labute approximate surface area is 169 Å². The molecule has 0 aliphatic carbocycles. The zero-order valence-corrected chi connectivity index (χ0v) is 16.8. The third-order valence-electron chi connectivity index (χ3n) is 4.70. The second kappa shape index (κ2) is 8.89. The largest absolute Gasteiger partial charge is 0.497 e. The first-order valence-corrected chi connectivity index (χ1v) is 9.34. The number of halogens is 1. The molecule has 0 radical (unpaired) electrons. The lowest BCUT2D eigenvalue weighted by Gasteiger charge is -2.25. The van der Waals surface area contributed by atoms with E-state index in [4.69, 9.17) is 20.9 Å². The molecule has 1 heterocycles. The van der Waals surface area contributed by atoms with Gasteiger partial charge >= 0.3 is 0 Å². The van der Waals surface area contributed by atoms with Crippen LogP contribution in [0.3, 0.4) is 0 Å². The molecule has 146 valence electrons. The van der Waals surface area contributed by atoms with Gasteiger partial charge in [0, 0.05) is 30.5 Å². The third-order valence-corrected chi connectivity index (χ3v) is 4.95. The summed E-state index contributed by atoms with van der Waals surface area (Å²) >= 11 is 5.89. The number of amides is 1. The van der Waals surface area contributed by atoms with Crippen molar-refractivity contribution in [3.63, 3.8) is 0 Å². The minimum atomic E-state index is -0.0503. The van der Waals surface area contributed by atoms with E-state index >= 15 is 0 Å². The lowest BCUT2D eigenvalue weighted by atomic mass is 10.1. The van der Waals surface area contributed by atoms with Crippen molar-refractivity contribution in [1.82, 2.24) is 15.0 Å². The van der Waals surface area contributed by atoms with Crippen LogP contribution in [0.25, 0.3) is 11.4 Å². The van der Waals surface area contributed by atoms with E-state index in [0.717, 1.165) is 16.9 Å². The summed E-state index contributed by atoms with van der Waals surface area (Å²) in [6, 6.07) is 14.8. The minimum absolute atomic E-state index is 0.00885. The Balaban J connectivity index is 1.57. The van der Waals surface area contributed by atoms with Crippen LogP contribution in [-0.4, -0.2) is 35.1 Å². The number of aryl methyl sites for hydroxylation is 1. The molecule has 1 atom stereocenters. The summed E-state index contributed by atoms with van der Waals surface area (Å²) in [4.78, 5) is 18.6. The Morgan fingerprint density at radius 1 is 1.18 bits per heavy atom. The van der Waals surface area contributed by atoms with Gasteiger partial charge in [-0.15, -0.1) is 0 Å². The number of nitrogens with zero attached hydrogens (tertiary/aromatic N) is 3. The molecule has 3 aromatic rings. The van der Waals surface area contributed by atoms with E-state index in [0.29, 0.717) is 29.6 Å². The first-order chi connectivity index (χ1) is 13.5. The molecule has 6 nitrogen and oxygen atoms in total. The highest BCUT2D eigenvalue weighted by atomic mass is 35.5. The highest BCUT2D eigenvalue weighted by molar-refractivity contribution is 6.30. The number of hydrogen-bond donors (Lipinski definition) is 0. The van der Waals surface area contributed by atoms with Gasteiger partial charge in [0.2, 0.25) is 17.6 Å². The number of benzene rings is 2. The molecule has 1 aromatic heterocycles. The molecule has 0 spiro atoms. The van der Waals surface area contributed by atoms with Crippen molar-refractivity contribution in [1.29, 1.82) is 0 Å². The standard InChI is InChI=1S/C21H22ClN3O3/c1-14(15-6-10-18(27-3)11-7-15)25(2)20(26)13-12-19-23-21(24-28-19)16-4-8-17(22)9-5-16/h4-11,14H,12-13H2,1-3H3. The van der Waals surface area contributed by atoms with Crippen molar-refractivity contribution in [2.45, 2.75) is 25.8 Å². The van der Waals surface area contributed by atoms with Crippen molar-refractivity contribution in [3.8, 4) is 17.1 Å². The Kier molecular flexibility index (Phi) is 6.31. The van der Waals surface area contributed by atoms with E-state index < -0.39 is 0 Å². The zero-order chi connectivity index (χ0) is 20.1. The average molecular weight is 400 g/mol. The molecule has 0 bridgehead atoms. The monoisotopic (exact) mass is 399 g/mol. The van der Waals surface area contributed by atoms with Gasteiger partial charge in [-0.05, 0) is 48.9 Å². The molecule has 0 saturated heterocycles. The quantitative estimate of drug-likeness (QED) is 0.583. The van der Waals surface area contributed by atoms with Crippen LogP contribution in [0.2, 0.25) is 5.02 Å². The fourth-order valence-electron chi connectivity index (χ4n) is 2.78. The van der Waals surface area contributed by atoms with Crippen LogP contribution in [0, 0.1) is 0 Å². The molecule has 28 heavy (non-hydrogen) atoms. The van der Waals surface area contributed by atoms with Gasteiger partial charge in [0.05, 0.1) is 13.2 Å². The van der Waals surface area contributed by atoms with E-state index in [9.17, 15) is 4.79 Å². The van der Waals surface area contributed by atoms with Crippen LogP contribution in [-0.2, 0) is 11.2 Å². The molecular weight excluding hydrogens is 378 g/mol. The summed E-state index contributed by atoms with van der Waals surface area (Å²) < 4.78 is 10.4. The van der Waals surface area contributed by atoms with Gasteiger partial charge in [0.1, 0.15) is 5.75 Å². The lowest BCUT2D eigenvalue weighted by molar-refractivity contribution is -0.131. The summed E-state index contributed by atoms with van der Waals surface area (Å²) in [7, 11) is 3.42. The smallest absolute Gasteiger partial charge is 0.227 e. The number of rotatable bonds is 7. The van der Waals surface area contributed by atoms with Crippen molar-refractivity contribution < 1.29 is 14.1 Å². The highest BCUT2D eigenvalue weighted by Crippen LogP contribution is 2.23. The SMILES string of the molecule is COc1ccc(C(C)N(C)C(=O)CCc2nc(-c3ccc(Cl)cc3)no2)cc1. The predicted octanol–water partition coefficient (Wildman–Crippen LogP) is 4.55. The zero-order valence-electron chi connectivity index (χ0n) is 16.1. The molecule has 1 amide bonds. The van der Waals surface area contributed by atoms with Crippen LogP contribution in [0.5, 0.6) is 5.75 Å². The number of carbonyl (C=O) groups excluding carboxylic acids is 1. The predicted molar refractivity (Wildman–Crippen MR) is 107 cm³/mol. The van der Waals surface area contributed by atoms with Gasteiger partial charge < -0.3 is 14.2 Å². The average Bonchev–Trinajstić information content (AvgIpc) is 3.20. The summed E-state index contributed by atoms with van der Waals surface area (Å²) in [5.41, 5.74) is 1.86. The second-order valence-corrected chi connectivity index (χ2v) is 6.91. The summed E-state index contributed by atoms with van der Waals surface area (Å²) in [6.45, 7) is 1.99. The number of hydrogen-bond acceptors (Lipinski definition) is 5. The normalized spacial score (nSPS) is 11.9. The van der Waals surface area contributed by atoms with Crippen LogP contribution in [0.4, 0.5) is 0 Å². The van der Waals surface area contributed by atoms with E-state index in [-0.39, 0.29) is 11.9 Å². The van der Waals surface area contributed by atoms with Gasteiger partial charge in [0.15, 0.2) is 0 Å². The first-order valence-electron chi connectivity index (χ1n) is 8.96. The van der Waals surface area contributed by atoms with Crippen LogP contribution >= 0.6 is 11.6 Å². The van der Waals surface area contributed by atoms with Gasteiger partial charge in [-0.1, -0.05) is 28.9 Å². The number of methoxy groups -OCH3 is 1. The number of ether oxygens (including phenoxy) is 1. The Hall–Kier alpha value is -2.86. The van der Waals surface area contributed by atoms with E-state index in [1.165, 1.54) is 0 Å². The summed E-state index contributed by atoms with van der Waals surface area (Å²) in [5, 5.41) is 4.62. The van der Waals surface area contributed by atoms with Crippen molar-refractivity contribution in [2.75, 3.05) is 14.2 Å². The maximum atomic E-state index is 12.6. The van der Waals surface area contributed by atoms with E-state index in [1.54, 1.807) is 31.2 Å². The van der Waals surface area contributed by atoms with Crippen LogP contribution in [0.15, 0.2) is 53.1 Å². The first kappa shape index (κ1) is 19.9. The van der Waals surface area contributed by atoms with Gasteiger partial charge in [0.25, 0.3) is 0 Å². The Morgan fingerprint density at radius 2 is 1.86 bits per heavy atom. The molecule has 1 unspecified atom stereocenters. The molecule has 2 aromatic carbocycles. The molecule has 0 N–H and O–H groups in total. The van der Waals surface area contributed by atoms with E-state index in [2.05, 4.69) is 10.1 Å². The molecule has 0 aliphatic rings. The fourth-order valence-corrected chi connectivity index (χ4v) is 2.91. The Morgan fingerprint density at radius 3 is 2.50 bits per heavy atom. The minimum Gasteiger partial charge on any atom is -0.497 e. The third kappa shape index (κ3) is 4.70. The molecular formula is C21H22ClN3O3. The molecule has 0 saturated carbocycles. The number of carbonyl (C=O) groups is 1. The lowest BCUT2D eigenvalue weighted by Crippen LogP contribution is -2.29. The van der Waals surface area contributed by atoms with Crippen molar-refractivity contribution >= 4 is 17.5 Å². The van der Waals surface area contributed by atoms with Crippen LogP contribution in [0.1, 0.15) is 30.8 Å². The molecule has 0 aliphatic heterocycles. The highest BCUT2D eigenvalue weighted by Gasteiger charge is 2.19. The fraction of sp³-hybridized carbons (Fsp3) is 0.286. The maximum Gasteiger partial charge on any atom is 0.227 e. The molecule has 7 heteroatoms. The van der Waals surface area contributed by atoms with Crippen molar-refractivity contribution in [2.24, 2.45) is 0 Å². The van der Waals surface area contributed by atoms with Crippen LogP contribution < -0.4 is 4.74 Å². The second-order valence-electron chi connectivity index (χ2n) is 6.47. The molecule has 0 fully saturated rings. The number of aromatic nitrogens is 2. The van der Waals surface area contributed by atoms with E-state index in [1.807, 2.05) is 43.3 Å². The maximum absolute atomic E-state index is 12.6.